The van der Waals surface area contributed by atoms with E-state index < -0.39 is 0 Å². The van der Waals surface area contributed by atoms with E-state index in [1.54, 1.807) is 0 Å². The molecule has 0 rings (SSSR count). The third-order valence-electron chi connectivity index (χ3n) is 3.47. The van der Waals surface area contributed by atoms with Crippen LogP contribution in [-0.4, -0.2) is 13.1 Å². The van der Waals surface area contributed by atoms with Gasteiger partial charge in [0.05, 0.1) is 0 Å². The summed E-state index contributed by atoms with van der Waals surface area (Å²) in [4.78, 5) is 0. The Morgan fingerprint density at radius 1 is 1.14 bits per heavy atom. The first-order valence-electron chi connectivity index (χ1n) is 6.13. The molecular formula is C13H29N. The largest absolute Gasteiger partial charge is 0.316 e. The van der Waals surface area contributed by atoms with Crippen molar-refractivity contribution in [2.24, 2.45) is 17.3 Å². The van der Waals surface area contributed by atoms with Crippen molar-refractivity contribution in [2.75, 3.05) is 13.1 Å². The van der Waals surface area contributed by atoms with Crippen LogP contribution in [0.3, 0.4) is 0 Å². The van der Waals surface area contributed by atoms with Crippen LogP contribution in [0.4, 0.5) is 0 Å². The zero-order valence-electron chi connectivity index (χ0n) is 11.0. The van der Waals surface area contributed by atoms with E-state index in [4.69, 9.17) is 0 Å². The van der Waals surface area contributed by atoms with Crippen molar-refractivity contribution >= 4 is 0 Å². The minimum Gasteiger partial charge on any atom is -0.316 e. The van der Waals surface area contributed by atoms with Gasteiger partial charge in [0.25, 0.3) is 0 Å². The maximum Gasteiger partial charge on any atom is 0.000750 e. The SMILES string of the molecule is CCNCC(C)(CCC(C)C)C(C)C. The Labute approximate surface area is 90.7 Å². The summed E-state index contributed by atoms with van der Waals surface area (Å²) in [6.45, 7) is 16.2. The Kier molecular flexibility index (Phi) is 6.43. The summed E-state index contributed by atoms with van der Waals surface area (Å²) in [5.41, 5.74) is 0.472. The van der Waals surface area contributed by atoms with Crippen LogP contribution in [-0.2, 0) is 0 Å². The van der Waals surface area contributed by atoms with Gasteiger partial charge in [-0.25, -0.2) is 0 Å². The van der Waals surface area contributed by atoms with E-state index in [9.17, 15) is 0 Å². The van der Waals surface area contributed by atoms with Crippen LogP contribution in [0.15, 0.2) is 0 Å². The second-order valence-corrected chi connectivity index (χ2v) is 5.52. The molecule has 14 heavy (non-hydrogen) atoms. The highest BCUT2D eigenvalue weighted by Gasteiger charge is 2.27. The van der Waals surface area contributed by atoms with Crippen molar-refractivity contribution in [2.45, 2.75) is 54.4 Å². The molecule has 0 aromatic heterocycles. The predicted octanol–water partition coefficient (Wildman–Crippen LogP) is 3.69. The summed E-state index contributed by atoms with van der Waals surface area (Å²) >= 11 is 0. The lowest BCUT2D eigenvalue weighted by Crippen LogP contribution is -2.36. The van der Waals surface area contributed by atoms with Crippen LogP contribution < -0.4 is 5.32 Å². The van der Waals surface area contributed by atoms with Crippen LogP contribution in [0.5, 0.6) is 0 Å². The maximum atomic E-state index is 3.49. The van der Waals surface area contributed by atoms with Gasteiger partial charge >= 0.3 is 0 Å². The summed E-state index contributed by atoms with van der Waals surface area (Å²) in [5, 5.41) is 3.49. The van der Waals surface area contributed by atoms with Gasteiger partial charge in [0.1, 0.15) is 0 Å². The molecular weight excluding hydrogens is 170 g/mol. The average Bonchev–Trinajstić information content (AvgIpc) is 2.11. The molecule has 0 bridgehead atoms. The van der Waals surface area contributed by atoms with E-state index >= 15 is 0 Å². The van der Waals surface area contributed by atoms with Crippen molar-refractivity contribution in [3.63, 3.8) is 0 Å². The molecule has 0 fully saturated rings. The van der Waals surface area contributed by atoms with Crippen molar-refractivity contribution < 1.29 is 0 Å². The van der Waals surface area contributed by atoms with Crippen molar-refractivity contribution in [3.8, 4) is 0 Å². The van der Waals surface area contributed by atoms with Gasteiger partial charge in [-0.05, 0) is 30.2 Å². The molecule has 1 unspecified atom stereocenters. The normalized spacial score (nSPS) is 16.3. The van der Waals surface area contributed by atoms with Crippen molar-refractivity contribution in [1.82, 2.24) is 5.32 Å². The fourth-order valence-electron chi connectivity index (χ4n) is 1.61. The number of hydrogen-bond donors (Lipinski definition) is 1. The topological polar surface area (TPSA) is 12.0 Å². The third-order valence-corrected chi connectivity index (χ3v) is 3.47. The standard InChI is InChI=1S/C13H29N/c1-7-14-10-13(6,12(4)5)9-8-11(2)3/h11-12,14H,7-10H2,1-6H3. The van der Waals surface area contributed by atoms with Crippen molar-refractivity contribution in [3.05, 3.63) is 0 Å². The maximum absolute atomic E-state index is 3.49. The first-order valence-corrected chi connectivity index (χ1v) is 6.13. The third kappa shape index (κ3) is 4.99. The molecule has 86 valence electrons. The highest BCUT2D eigenvalue weighted by atomic mass is 14.9. The molecule has 0 spiro atoms. The molecule has 0 aromatic carbocycles. The lowest BCUT2D eigenvalue weighted by molar-refractivity contribution is 0.179. The molecule has 0 saturated heterocycles. The van der Waals surface area contributed by atoms with E-state index in [2.05, 4.69) is 46.9 Å². The Morgan fingerprint density at radius 2 is 1.71 bits per heavy atom. The van der Waals surface area contributed by atoms with Gasteiger partial charge < -0.3 is 5.32 Å². The van der Waals surface area contributed by atoms with E-state index in [-0.39, 0.29) is 0 Å². The average molecular weight is 199 g/mol. The summed E-state index contributed by atoms with van der Waals surface area (Å²) in [6.07, 6.45) is 2.69. The second-order valence-electron chi connectivity index (χ2n) is 5.52. The molecule has 0 aliphatic carbocycles. The van der Waals surface area contributed by atoms with Crippen LogP contribution in [0.1, 0.15) is 54.4 Å². The first kappa shape index (κ1) is 14.0. The summed E-state index contributed by atoms with van der Waals surface area (Å²) < 4.78 is 0. The molecule has 0 aromatic rings. The molecule has 0 aliphatic rings. The molecule has 0 amide bonds. The lowest BCUT2D eigenvalue weighted by atomic mass is 9.74. The molecule has 0 aliphatic heterocycles. The highest BCUT2D eigenvalue weighted by molar-refractivity contribution is 4.80. The van der Waals surface area contributed by atoms with E-state index in [0.717, 1.165) is 24.9 Å². The zero-order chi connectivity index (χ0) is 11.2. The van der Waals surface area contributed by atoms with Crippen molar-refractivity contribution in [1.29, 1.82) is 0 Å². The zero-order valence-corrected chi connectivity index (χ0v) is 11.0. The van der Waals surface area contributed by atoms with E-state index in [1.807, 2.05) is 0 Å². The monoisotopic (exact) mass is 199 g/mol. The molecule has 1 N–H and O–H groups in total. The van der Waals surface area contributed by atoms with Gasteiger partial charge in [0, 0.05) is 6.54 Å². The smallest absolute Gasteiger partial charge is 0.000750 e. The summed E-state index contributed by atoms with van der Waals surface area (Å²) in [5.74, 6) is 1.59. The Hall–Kier alpha value is -0.0400. The predicted molar refractivity (Wildman–Crippen MR) is 65.6 cm³/mol. The quantitative estimate of drug-likeness (QED) is 0.659. The fraction of sp³-hybridized carbons (Fsp3) is 1.00. The van der Waals surface area contributed by atoms with Gasteiger partial charge in [-0.1, -0.05) is 48.0 Å². The van der Waals surface area contributed by atoms with Crippen LogP contribution in [0.25, 0.3) is 0 Å². The molecule has 1 atom stereocenters. The van der Waals surface area contributed by atoms with Gasteiger partial charge in [-0.15, -0.1) is 0 Å². The lowest BCUT2D eigenvalue weighted by Gasteiger charge is -2.35. The summed E-state index contributed by atoms with van der Waals surface area (Å²) in [6, 6.07) is 0. The minimum absolute atomic E-state index is 0.472. The minimum atomic E-state index is 0.472. The van der Waals surface area contributed by atoms with E-state index in [1.165, 1.54) is 12.8 Å². The summed E-state index contributed by atoms with van der Waals surface area (Å²) in [7, 11) is 0. The Bertz CT molecular complexity index is 140. The molecule has 1 nitrogen and oxygen atoms in total. The van der Waals surface area contributed by atoms with Gasteiger partial charge in [0.2, 0.25) is 0 Å². The molecule has 0 radical (unpaired) electrons. The van der Waals surface area contributed by atoms with Gasteiger partial charge in [-0.2, -0.15) is 0 Å². The van der Waals surface area contributed by atoms with Crippen LogP contribution >= 0.6 is 0 Å². The van der Waals surface area contributed by atoms with Gasteiger partial charge in [0.15, 0.2) is 0 Å². The first-order chi connectivity index (χ1) is 6.42. The second kappa shape index (κ2) is 6.44. The Morgan fingerprint density at radius 3 is 2.07 bits per heavy atom. The van der Waals surface area contributed by atoms with Crippen LogP contribution in [0.2, 0.25) is 0 Å². The van der Waals surface area contributed by atoms with Gasteiger partial charge in [-0.3, -0.25) is 0 Å². The number of nitrogens with one attached hydrogen (secondary N) is 1. The Balaban J connectivity index is 4.10. The van der Waals surface area contributed by atoms with E-state index in [0.29, 0.717) is 5.41 Å². The number of rotatable bonds is 7. The fourth-order valence-corrected chi connectivity index (χ4v) is 1.61. The molecule has 1 heteroatoms. The van der Waals surface area contributed by atoms with Crippen LogP contribution in [0, 0.1) is 17.3 Å². The number of hydrogen-bond acceptors (Lipinski definition) is 1. The molecule has 0 heterocycles. The molecule has 0 saturated carbocycles. The highest BCUT2D eigenvalue weighted by Crippen LogP contribution is 2.32.